The molecule has 182 valence electrons. The van der Waals surface area contributed by atoms with Gasteiger partial charge in [-0.1, -0.05) is 36.4 Å². The maximum Gasteiger partial charge on any atom is 0.328 e. The lowest BCUT2D eigenvalue weighted by Gasteiger charge is -2.36. The Bertz CT molecular complexity index is 958. The predicted molar refractivity (Wildman–Crippen MR) is 133 cm³/mol. The molecule has 0 bridgehead atoms. The largest absolute Gasteiger partial charge is 0.466 e. The molecule has 0 spiro atoms. The van der Waals surface area contributed by atoms with Gasteiger partial charge in [-0.3, -0.25) is 9.69 Å². The Hall–Kier alpha value is -3.06. The zero-order valence-electron chi connectivity index (χ0n) is 20.0. The number of ether oxygens (including phenoxy) is 2. The molecule has 1 saturated heterocycles. The van der Waals surface area contributed by atoms with E-state index in [1.807, 2.05) is 37.3 Å². The number of fused-ring (bicyclic) bond motifs is 1. The van der Waals surface area contributed by atoms with Gasteiger partial charge in [0.1, 0.15) is 12.6 Å². The molecule has 2 aromatic rings. The molecule has 2 heterocycles. The number of rotatable bonds is 8. The van der Waals surface area contributed by atoms with E-state index >= 15 is 0 Å². The van der Waals surface area contributed by atoms with Gasteiger partial charge in [-0.05, 0) is 49.4 Å². The van der Waals surface area contributed by atoms with Gasteiger partial charge in [0.25, 0.3) is 0 Å². The molecule has 0 saturated carbocycles. The van der Waals surface area contributed by atoms with Crippen molar-refractivity contribution in [3.63, 3.8) is 0 Å². The number of carbonyl (C=O) groups excluding carboxylic acids is 2. The highest BCUT2D eigenvalue weighted by molar-refractivity contribution is 5.80. The van der Waals surface area contributed by atoms with E-state index in [9.17, 15) is 9.59 Å². The molecule has 2 aliphatic heterocycles. The number of nitrogens with zero attached hydrogens (tertiary/aromatic N) is 2. The molecule has 0 radical (unpaired) electrons. The van der Waals surface area contributed by atoms with Crippen LogP contribution in [0.4, 0.5) is 11.4 Å². The molecule has 4 rings (SSSR count). The zero-order chi connectivity index (χ0) is 23.8. The zero-order valence-corrected chi connectivity index (χ0v) is 20.0. The number of benzene rings is 2. The van der Waals surface area contributed by atoms with Crippen molar-refractivity contribution in [3.05, 3.63) is 59.7 Å². The van der Waals surface area contributed by atoms with E-state index in [1.165, 1.54) is 5.56 Å². The lowest BCUT2D eigenvalue weighted by atomic mass is 10.1. The van der Waals surface area contributed by atoms with Crippen molar-refractivity contribution in [2.24, 2.45) is 0 Å². The van der Waals surface area contributed by atoms with Crippen molar-refractivity contribution in [1.29, 1.82) is 0 Å². The molecule has 7 nitrogen and oxygen atoms in total. The first kappa shape index (κ1) is 24.1. The minimum absolute atomic E-state index is 0.126. The van der Waals surface area contributed by atoms with Gasteiger partial charge >= 0.3 is 11.9 Å². The molecule has 0 aromatic heterocycles. The van der Waals surface area contributed by atoms with Crippen molar-refractivity contribution in [1.82, 2.24) is 4.90 Å². The van der Waals surface area contributed by atoms with Crippen LogP contribution in [0, 0.1) is 0 Å². The molecule has 1 fully saturated rings. The highest BCUT2D eigenvalue weighted by Gasteiger charge is 2.25. The lowest BCUT2D eigenvalue weighted by molar-refractivity contribution is -0.146. The number of esters is 2. The molecule has 7 heteroatoms. The first-order valence-corrected chi connectivity index (χ1v) is 12.4. The van der Waals surface area contributed by atoms with E-state index in [1.54, 1.807) is 0 Å². The third kappa shape index (κ3) is 6.50. The highest BCUT2D eigenvalue weighted by atomic mass is 16.5. The number of hydrogen-bond donors (Lipinski definition) is 1. The fraction of sp³-hybridized carbons (Fsp3) is 0.481. The molecule has 0 amide bonds. The van der Waals surface area contributed by atoms with Gasteiger partial charge in [-0.15, -0.1) is 0 Å². The van der Waals surface area contributed by atoms with Gasteiger partial charge < -0.3 is 19.7 Å². The Balaban J connectivity index is 1.32. The third-order valence-corrected chi connectivity index (χ3v) is 6.55. The molecule has 1 atom stereocenters. The van der Waals surface area contributed by atoms with Crippen LogP contribution in [-0.2, 0) is 32.1 Å². The van der Waals surface area contributed by atoms with E-state index in [0.29, 0.717) is 19.6 Å². The normalized spacial score (nSPS) is 18.4. The van der Waals surface area contributed by atoms with E-state index in [4.69, 9.17) is 9.47 Å². The van der Waals surface area contributed by atoms with E-state index in [-0.39, 0.29) is 18.0 Å². The topological polar surface area (TPSA) is 71.1 Å². The second-order valence-electron chi connectivity index (χ2n) is 8.91. The Labute approximate surface area is 202 Å². The lowest BCUT2D eigenvalue weighted by Crippen LogP contribution is -2.47. The monoisotopic (exact) mass is 465 g/mol. The van der Waals surface area contributed by atoms with Crippen LogP contribution in [0.5, 0.6) is 0 Å². The first-order valence-electron chi connectivity index (χ1n) is 12.4. The SMILES string of the molecule is CCOC(=O)CCN1CCN(c2ccc3c(c2)NC(C(=O)OCc2ccccc2)CCC3)CC1. The highest BCUT2D eigenvalue weighted by Crippen LogP contribution is 2.30. The van der Waals surface area contributed by atoms with Crippen LogP contribution < -0.4 is 10.2 Å². The second kappa shape index (κ2) is 11.9. The molecular formula is C27H35N3O4. The molecule has 1 unspecified atom stereocenters. The summed E-state index contributed by atoms with van der Waals surface area (Å²) >= 11 is 0. The minimum Gasteiger partial charge on any atom is -0.466 e. The summed E-state index contributed by atoms with van der Waals surface area (Å²) in [5, 5.41) is 3.47. The van der Waals surface area contributed by atoms with Gasteiger partial charge in [0, 0.05) is 44.1 Å². The number of nitrogens with one attached hydrogen (secondary N) is 1. The summed E-state index contributed by atoms with van der Waals surface area (Å²) in [7, 11) is 0. The summed E-state index contributed by atoms with van der Waals surface area (Å²) in [6, 6.07) is 16.0. The molecule has 34 heavy (non-hydrogen) atoms. The summed E-state index contributed by atoms with van der Waals surface area (Å²) in [6.45, 7) is 6.95. The molecular weight excluding hydrogens is 430 g/mol. The minimum atomic E-state index is -0.333. The van der Waals surface area contributed by atoms with Crippen LogP contribution in [0.15, 0.2) is 48.5 Å². The van der Waals surface area contributed by atoms with Crippen molar-refractivity contribution < 1.29 is 19.1 Å². The molecule has 1 N–H and O–H groups in total. The van der Waals surface area contributed by atoms with Crippen molar-refractivity contribution in [2.45, 2.75) is 45.3 Å². The van der Waals surface area contributed by atoms with Crippen LogP contribution in [0.3, 0.4) is 0 Å². The summed E-state index contributed by atoms with van der Waals surface area (Å²) < 4.78 is 10.6. The molecule has 0 aliphatic carbocycles. The maximum atomic E-state index is 12.8. The van der Waals surface area contributed by atoms with Crippen LogP contribution >= 0.6 is 0 Å². The Morgan fingerprint density at radius 3 is 2.59 bits per heavy atom. The van der Waals surface area contributed by atoms with Crippen molar-refractivity contribution >= 4 is 23.3 Å². The quantitative estimate of drug-likeness (QED) is 0.597. The average molecular weight is 466 g/mol. The number of carbonyl (C=O) groups is 2. The van der Waals surface area contributed by atoms with Crippen LogP contribution in [0.25, 0.3) is 0 Å². The van der Waals surface area contributed by atoms with Gasteiger partial charge in [0.15, 0.2) is 0 Å². The van der Waals surface area contributed by atoms with Crippen LogP contribution in [0.2, 0.25) is 0 Å². The average Bonchev–Trinajstić information content (AvgIpc) is 3.09. The van der Waals surface area contributed by atoms with Crippen LogP contribution in [-0.4, -0.2) is 62.2 Å². The first-order chi connectivity index (χ1) is 16.6. The number of aryl methyl sites for hydroxylation is 1. The van der Waals surface area contributed by atoms with Gasteiger partial charge in [0.05, 0.1) is 13.0 Å². The van der Waals surface area contributed by atoms with E-state index in [2.05, 4.69) is 33.3 Å². The van der Waals surface area contributed by atoms with Crippen molar-refractivity contribution in [3.8, 4) is 0 Å². The van der Waals surface area contributed by atoms with Crippen LogP contribution in [0.1, 0.15) is 37.3 Å². The number of piperazine rings is 1. The predicted octanol–water partition coefficient (Wildman–Crippen LogP) is 3.62. The van der Waals surface area contributed by atoms with E-state index < -0.39 is 0 Å². The molecule has 2 aliphatic rings. The number of anilines is 2. The van der Waals surface area contributed by atoms with Gasteiger partial charge in [-0.2, -0.15) is 0 Å². The summed E-state index contributed by atoms with van der Waals surface area (Å²) in [4.78, 5) is 29.1. The van der Waals surface area contributed by atoms with Gasteiger partial charge in [0.2, 0.25) is 0 Å². The summed E-state index contributed by atoms with van der Waals surface area (Å²) in [6.07, 6.45) is 3.10. The Kier molecular flexibility index (Phi) is 8.41. The smallest absolute Gasteiger partial charge is 0.328 e. The third-order valence-electron chi connectivity index (χ3n) is 6.55. The second-order valence-corrected chi connectivity index (χ2v) is 8.91. The number of hydrogen-bond acceptors (Lipinski definition) is 7. The Morgan fingerprint density at radius 2 is 1.82 bits per heavy atom. The summed E-state index contributed by atoms with van der Waals surface area (Å²) in [5.74, 6) is -0.323. The fourth-order valence-corrected chi connectivity index (χ4v) is 4.59. The van der Waals surface area contributed by atoms with Gasteiger partial charge in [-0.25, -0.2) is 4.79 Å². The maximum absolute atomic E-state index is 12.8. The van der Waals surface area contributed by atoms with Crippen molar-refractivity contribution in [2.75, 3.05) is 49.5 Å². The standard InChI is InChI=1S/C27H35N3O4/c1-2-33-26(31)13-14-29-15-17-30(18-16-29)23-12-11-22-9-6-10-24(28-25(22)19-23)27(32)34-20-21-7-4-3-5-8-21/h3-5,7-8,11-12,19,24,28H,2,6,9-10,13-18,20H2,1H3. The molecule has 2 aromatic carbocycles. The fourth-order valence-electron chi connectivity index (χ4n) is 4.59. The van der Waals surface area contributed by atoms with E-state index in [0.717, 1.165) is 68.9 Å². The summed E-state index contributed by atoms with van der Waals surface area (Å²) in [5.41, 5.74) is 4.43. The Morgan fingerprint density at radius 1 is 1.03 bits per heavy atom.